The van der Waals surface area contributed by atoms with Gasteiger partial charge in [0, 0.05) is 28.4 Å². The van der Waals surface area contributed by atoms with Crippen molar-refractivity contribution in [3.05, 3.63) is 101 Å². The minimum Gasteiger partial charge on any atom is -0.507 e. The van der Waals surface area contributed by atoms with E-state index in [-0.39, 0.29) is 23.6 Å². The predicted octanol–water partition coefficient (Wildman–Crippen LogP) is 6.36. The molecule has 3 aromatic carbocycles. The van der Waals surface area contributed by atoms with Crippen LogP contribution in [-0.2, 0) is 6.54 Å². The molecule has 5 aromatic rings. The van der Waals surface area contributed by atoms with Crippen LogP contribution in [0.5, 0.6) is 5.75 Å². The Morgan fingerprint density at radius 2 is 1.76 bits per heavy atom. The summed E-state index contributed by atoms with van der Waals surface area (Å²) in [7, 11) is 0. The van der Waals surface area contributed by atoms with Crippen LogP contribution < -0.4 is 10.6 Å². The summed E-state index contributed by atoms with van der Waals surface area (Å²) in [4.78, 5) is 26.5. The molecule has 0 bridgehead atoms. The number of phenols is 1. The molecular formula is C29H24N4O3S. The third-order valence-electron chi connectivity index (χ3n) is 6.39. The van der Waals surface area contributed by atoms with E-state index in [1.807, 2.05) is 66.7 Å². The van der Waals surface area contributed by atoms with Crippen molar-refractivity contribution in [3.63, 3.8) is 0 Å². The van der Waals surface area contributed by atoms with E-state index in [9.17, 15) is 14.7 Å². The van der Waals surface area contributed by atoms with E-state index in [2.05, 4.69) is 15.7 Å². The van der Waals surface area contributed by atoms with E-state index in [4.69, 9.17) is 0 Å². The monoisotopic (exact) mass is 508 g/mol. The molecule has 1 aliphatic carbocycles. The van der Waals surface area contributed by atoms with Gasteiger partial charge in [-0.3, -0.25) is 4.79 Å². The summed E-state index contributed by atoms with van der Waals surface area (Å²) in [6.45, 7) is 0.392. The Morgan fingerprint density at radius 3 is 2.54 bits per heavy atom. The number of nitrogens with one attached hydrogen (secondary N) is 2. The second-order valence-electron chi connectivity index (χ2n) is 9.12. The molecule has 7 nitrogen and oxygen atoms in total. The molecule has 8 heteroatoms. The van der Waals surface area contributed by atoms with Gasteiger partial charge >= 0.3 is 6.03 Å². The zero-order valence-corrected chi connectivity index (χ0v) is 20.7. The summed E-state index contributed by atoms with van der Waals surface area (Å²) in [5, 5.41) is 22.0. The highest BCUT2D eigenvalue weighted by atomic mass is 32.1. The van der Waals surface area contributed by atoms with Crippen molar-refractivity contribution >= 4 is 39.0 Å². The SMILES string of the molecule is O=C(Nc1ccc(O)c(-c2cc(C3CC3)n(C(=O)NCc3ccccc3)n2)c1)c1cc2ccccc2s1. The van der Waals surface area contributed by atoms with E-state index >= 15 is 0 Å². The second kappa shape index (κ2) is 9.55. The number of fused-ring (bicyclic) bond motifs is 1. The number of carbonyl (C=O) groups excluding carboxylic acids is 2. The lowest BCUT2D eigenvalue weighted by Crippen LogP contribution is -2.30. The van der Waals surface area contributed by atoms with Crippen molar-refractivity contribution < 1.29 is 14.7 Å². The van der Waals surface area contributed by atoms with Gasteiger partial charge in [0.2, 0.25) is 0 Å². The third-order valence-corrected chi connectivity index (χ3v) is 7.51. The summed E-state index contributed by atoms with van der Waals surface area (Å²) >= 11 is 1.43. The number of aromatic hydroxyl groups is 1. The van der Waals surface area contributed by atoms with E-state index in [0.717, 1.165) is 34.2 Å². The van der Waals surface area contributed by atoms with Gasteiger partial charge in [-0.1, -0.05) is 48.5 Å². The van der Waals surface area contributed by atoms with Crippen LogP contribution in [0.2, 0.25) is 0 Å². The average molecular weight is 509 g/mol. The molecule has 0 saturated heterocycles. The molecule has 0 aliphatic heterocycles. The lowest BCUT2D eigenvalue weighted by molar-refractivity contribution is 0.103. The van der Waals surface area contributed by atoms with Crippen molar-refractivity contribution in [2.24, 2.45) is 0 Å². The van der Waals surface area contributed by atoms with Crippen molar-refractivity contribution in [2.75, 3.05) is 5.32 Å². The molecule has 0 spiro atoms. The minimum atomic E-state index is -0.314. The molecule has 0 radical (unpaired) electrons. The van der Waals surface area contributed by atoms with Crippen LogP contribution in [-0.4, -0.2) is 26.8 Å². The number of rotatable bonds is 6. The number of amides is 2. The van der Waals surface area contributed by atoms with E-state index in [0.29, 0.717) is 28.4 Å². The fraction of sp³-hybridized carbons (Fsp3) is 0.138. The molecule has 1 aliphatic rings. The zero-order valence-electron chi connectivity index (χ0n) is 19.8. The number of hydrogen-bond acceptors (Lipinski definition) is 5. The average Bonchev–Trinajstić information content (AvgIpc) is 3.51. The summed E-state index contributed by atoms with van der Waals surface area (Å²) in [5.74, 6) is 0.0700. The second-order valence-corrected chi connectivity index (χ2v) is 10.2. The molecule has 2 amide bonds. The molecule has 6 rings (SSSR count). The predicted molar refractivity (Wildman–Crippen MR) is 145 cm³/mol. The Labute approximate surface area is 217 Å². The van der Waals surface area contributed by atoms with Gasteiger partial charge in [0.1, 0.15) is 5.75 Å². The maximum atomic E-state index is 13.0. The molecule has 37 heavy (non-hydrogen) atoms. The summed E-state index contributed by atoms with van der Waals surface area (Å²) < 4.78 is 2.44. The van der Waals surface area contributed by atoms with Gasteiger partial charge in [0.25, 0.3) is 5.91 Å². The zero-order chi connectivity index (χ0) is 25.4. The van der Waals surface area contributed by atoms with Gasteiger partial charge in [0.05, 0.1) is 16.3 Å². The molecule has 3 N–H and O–H groups in total. The smallest absolute Gasteiger partial charge is 0.342 e. The van der Waals surface area contributed by atoms with Crippen LogP contribution in [0.25, 0.3) is 21.3 Å². The van der Waals surface area contributed by atoms with Gasteiger partial charge in [0.15, 0.2) is 0 Å². The number of thiophene rings is 1. The molecule has 0 unspecified atom stereocenters. The molecular weight excluding hydrogens is 484 g/mol. The lowest BCUT2D eigenvalue weighted by Gasteiger charge is -2.08. The van der Waals surface area contributed by atoms with Gasteiger partial charge in [-0.05, 0) is 60.2 Å². The number of benzene rings is 3. The largest absolute Gasteiger partial charge is 0.507 e. The van der Waals surface area contributed by atoms with E-state index in [1.54, 1.807) is 12.1 Å². The number of carbonyl (C=O) groups is 2. The Balaban J connectivity index is 1.25. The first kappa shape index (κ1) is 23.0. The maximum absolute atomic E-state index is 13.0. The Kier molecular flexibility index (Phi) is 5.94. The summed E-state index contributed by atoms with van der Waals surface area (Å²) in [6.07, 6.45) is 1.99. The summed E-state index contributed by atoms with van der Waals surface area (Å²) in [6, 6.07) is 25.8. The number of hydrogen-bond donors (Lipinski definition) is 3. The highest BCUT2D eigenvalue weighted by Crippen LogP contribution is 2.42. The van der Waals surface area contributed by atoms with Crippen molar-refractivity contribution in [2.45, 2.75) is 25.3 Å². The molecule has 184 valence electrons. The molecule has 1 saturated carbocycles. The topological polar surface area (TPSA) is 96.2 Å². The van der Waals surface area contributed by atoms with Crippen LogP contribution in [0.15, 0.2) is 84.9 Å². The van der Waals surface area contributed by atoms with Crippen LogP contribution in [0.3, 0.4) is 0 Å². The normalized spacial score (nSPS) is 13.0. The quantitative estimate of drug-likeness (QED) is 0.233. The first-order valence-electron chi connectivity index (χ1n) is 12.1. The lowest BCUT2D eigenvalue weighted by atomic mass is 10.1. The number of nitrogens with zero attached hydrogens (tertiary/aromatic N) is 2. The minimum absolute atomic E-state index is 0.0246. The number of aromatic nitrogens is 2. The van der Waals surface area contributed by atoms with E-state index < -0.39 is 0 Å². The van der Waals surface area contributed by atoms with Crippen LogP contribution >= 0.6 is 11.3 Å². The number of phenolic OH excluding ortho intramolecular Hbond substituents is 1. The summed E-state index contributed by atoms with van der Waals surface area (Å²) in [5.41, 5.74) is 3.28. The first-order valence-corrected chi connectivity index (χ1v) is 12.9. The molecule has 0 atom stereocenters. The molecule has 1 fully saturated rings. The fourth-order valence-corrected chi connectivity index (χ4v) is 5.27. The Morgan fingerprint density at radius 1 is 0.973 bits per heavy atom. The van der Waals surface area contributed by atoms with Crippen molar-refractivity contribution in [1.29, 1.82) is 0 Å². The van der Waals surface area contributed by atoms with E-state index in [1.165, 1.54) is 22.1 Å². The Bertz CT molecular complexity index is 1590. The Hall–Kier alpha value is -4.43. The highest BCUT2D eigenvalue weighted by molar-refractivity contribution is 7.20. The van der Waals surface area contributed by atoms with Gasteiger partial charge in [-0.15, -0.1) is 11.3 Å². The highest BCUT2D eigenvalue weighted by Gasteiger charge is 2.31. The maximum Gasteiger partial charge on any atom is 0.342 e. The molecule has 2 heterocycles. The van der Waals surface area contributed by atoms with Gasteiger partial charge in [-0.2, -0.15) is 9.78 Å². The van der Waals surface area contributed by atoms with Crippen molar-refractivity contribution in [1.82, 2.24) is 15.1 Å². The van der Waals surface area contributed by atoms with Crippen LogP contribution in [0.4, 0.5) is 10.5 Å². The van der Waals surface area contributed by atoms with Crippen molar-refractivity contribution in [3.8, 4) is 17.0 Å². The van der Waals surface area contributed by atoms with Gasteiger partial charge < -0.3 is 15.7 Å². The van der Waals surface area contributed by atoms with Gasteiger partial charge in [-0.25, -0.2) is 4.79 Å². The third kappa shape index (κ3) is 4.83. The number of anilines is 1. The first-order chi connectivity index (χ1) is 18.0. The standard InChI is InChI=1S/C29H24N4O3S/c34-25-13-12-21(31-28(35)27-14-20-8-4-5-9-26(20)37-27)15-22(25)23-16-24(19-10-11-19)33(32-23)29(36)30-17-18-6-2-1-3-7-18/h1-9,12-16,19,34H,10-11,17H2,(H,30,36)(H,31,35). The van der Waals surface area contributed by atoms with Crippen LogP contribution in [0, 0.1) is 0 Å². The fourth-order valence-electron chi connectivity index (χ4n) is 4.31. The van der Waals surface area contributed by atoms with Crippen LogP contribution in [0.1, 0.15) is 39.7 Å². The molecule has 2 aromatic heterocycles.